The maximum atomic E-state index is 12.5. The molecule has 7 heteroatoms. The standard InChI is InChI=1S/C21H28N4O2S/c1-22-21(24-13-18(15-26)16-5-3-2-4-6-16)23-10-7-20(27)25-11-8-19-17(14-25)9-12-28-19/h2-6,9,12,18,26H,7-8,10-11,13-15H2,1H3,(H2,22,23,24). The van der Waals surface area contributed by atoms with Crippen LogP contribution in [0.5, 0.6) is 0 Å². The minimum absolute atomic E-state index is 0.00506. The third-order valence-electron chi connectivity index (χ3n) is 5.02. The second-order valence-corrected chi connectivity index (χ2v) is 7.86. The van der Waals surface area contributed by atoms with Gasteiger partial charge in [0.1, 0.15) is 0 Å². The number of carbonyl (C=O) groups is 1. The first-order valence-electron chi connectivity index (χ1n) is 9.64. The van der Waals surface area contributed by atoms with Gasteiger partial charge in [0.25, 0.3) is 0 Å². The molecule has 1 atom stereocenters. The van der Waals surface area contributed by atoms with E-state index in [1.54, 1.807) is 18.4 Å². The molecule has 1 aliphatic heterocycles. The molecule has 0 fully saturated rings. The van der Waals surface area contributed by atoms with Gasteiger partial charge >= 0.3 is 0 Å². The highest BCUT2D eigenvalue weighted by Gasteiger charge is 2.21. The van der Waals surface area contributed by atoms with E-state index in [-0.39, 0.29) is 18.4 Å². The number of aliphatic hydroxyl groups is 1. The lowest BCUT2D eigenvalue weighted by Gasteiger charge is -2.27. The van der Waals surface area contributed by atoms with Crippen molar-refractivity contribution in [1.29, 1.82) is 0 Å². The summed E-state index contributed by atoms with van der Waals surface area (Å²) in [6.07, 6.45) is 1.39. The van der Waals surface area contributed by atoms with Crippen molar-refractivity contribution in [3.8, 4) is 0 Å². The summed E-state index contributed by atoms with van der Waals surface area (Å²) in [6.45, 7) is 2.68. The Labute approximate surface area is 170 Å². The number of hydrogen-bond acceptors (Lipinski definition) is 4. The van der Waals surface area contributed by atoms with Crippen LogP contribution < -0.4 is 10.6 Å². The number of thiophene rings is 1. The molecule has 0 aliphatic carbocycles. The van der Waals surface area contributed by atoms with Gasteiger partial charge in [-0.1, -0.05) is 30.3 Å². The SMILES string of the molecule is CN=C(NCCC(=O)N1CCc2sccc2C1)NCC(CO)c1ccccc1. The number of amides is 1. The Morgan fingerprint density at radius 2 is 2.11 bits per heavy atom. The summed E-state index contributed by atoms with van der Waals surface area (Å²) in [6, 6.07) is 12.0. The van der Waals surface area contributed by atoms with Crippen molar-refractivity contribution in [1.82, 2.24) is 15.5 Å². The number of nitrogens with zero attached hydrogens (tertiary/aromatic N) is 2. The van der Waals surface area contributed by atoms with E-state index in [2.05, 4.69) is 27.1 Å². The Hall–Kier alpha value is -2.38. The lowest BCUT2D eigenvalue weighted by atomic mass is 10.0. The molecular weight excluding hydrogens is 372 g/mol. The van der Waals surface area contributed by atoms with Gasteiger partial charge in [0.15, 0.2) is 5.96 Å². The van der Waals surface area contributed by atoms with E-state index >= 15 is 0 Å². The highest BCUT2D eigenvalue weighted by Crippen LogP contribution is 2.24. The van der Waals surface area contributed by atoms with Gasteiger partial charge in [-0.2, -0.15) is 0 Å². The van der Waals surface area contributed by atoms with Gasteiger partial charge in [-0.25, -0.2) is 0 Å². The summed E-state index contributed by atoms with van der Waals surface area (Å²) in [7, 11) is 1.70. The maximum Gasteiger partial charge on any atom is 0.224 e. The summed E-state index contributed by atoms with van der Waals surface area (Å²) >= 11 is 1.78. The van der Waals surface area contributed by atoms with Crippen molar-refractivity contribution in [2.24, 2.45) is 4.99 Å². The van der Waals surface area contributed by atoms with Crippen molar-refractivity contribution in [3.05, 3.63) is 57.8 Å². The molecule has 150 valence electrons. The number of hydrogen-bond donors (Lipinski definition) is 3. The molecule has 1 amide bonds. The van der Waals surface area contributed by atoms with Gasteiger partial charge in [0.2, 0.25) is 5.91 Å². The predicted molar refractivity (Wildman–Crippen MR) is 114 cm³/mol. The Bertz CT molecular complexity index is 791. The Morgan fingerprint density at radius 1 is 1.29 bits per heavy atom. The zero-order chi connectivity index (χ0) is 19.8. The van der Waals surface area contributed by atoms with Crippen molar-refractivity contribution < 1.29 is 9.90 Å². The third kappa shape index (κ3) is 5.33. The number of aliphatic imine (C=N–C) groups is 1. The van der Waals surface area contributed by atoms with Crippen LogP contribution in [0.4, 0.5) is 0 Å². The lowest BCUT2D eigenvalue weighted by molar-refractivity contribution is -0.131. The molecule has 2 heterocycles. The largest absolute Gasteiger partial charge is 0.396 e. The smallest absolute Gasteiger partial charge is 0.224 e. The predicted octanol–water partition coefficient (Wildman–Crippen LogP) is 1.96. The molecular formula is C21H28N4O2S. The summed E-state index contributed by atoms with van der Waals surface area (Å²) < 4.78 is 0. The topological polar surface area (TPSA) is 77.0 Å². The van der Waals surface area contributed by atoms with Crippen molar-refractivity contribution in [3.63, 3.8) is 0 Å². The van der Waals surface area contributed by atoms with Crippen molar-refractivity contribution in [2.75, 3.05) is 33.3 Å². The fourth-order valence-corrected chi connectivity index (χ4v) is 4.25. The molecule has 1 aromatic heterocycles. The molecule has 0 saturated heterocycles. The van der Waals surface area contributed by atoms with Crippen LogP contribution in [-0.2, 0) is 17.8 Å². The quantitative estimate of drug-likeness (QED) is 0.491. The average molecular weight is 401 g/mol. The maximum absolute atomic E-state index is 12.5. The van der Waals surface area contributed by atoms with E-state index in [4.69, 9.17) is 0 Å². The molecule has 0 radical (unpaired) electrons. The van der Waals surface area contributed by atoms with Crippen LogP contribution in [0.3, 0.4) is 0 Å². The number of guanidine groups is 1. The molecule has 6 nitrogen and oxygen atoms in total. The monoisotopic (exact) mass is 400 g/mol. The van der Waals surface area contributed by atoms with Crippen LogP contribution in [0.25, 0.3) is 0 Å². The zero-order valence-electron chi connectivity index (χ0n) is 16.2. The van der Waals surface area contributed by atoms with Gasteiger partial charge < -0.3 is 20.6 Å². The van der Waals surface area contributed by atoms with Crippen molar-refractivity contribution >= 4 is 23.2 Å². The van der Waals surface area contributed by atoms with Crippen LogP contribution in [0.1, 0.15) is 28.3 Å². The molecule has 3 N–H and O–H groups in total. The normalized spacial score (nSPS) is 15.1. The van der Waals surface area contributed by atoms with Gasteiger partial charge in [0, 0.05) is 50.4 Å². The number of rotatable bonds is 7. The number of nitrogens with one attached hydrogen (secondary N) is 2. The second kappa shape index (κ2) is 10.2. The number of carbonyl (C=O) groups excluding carboxylic acids is 1. The van der Waals surface area contributed by atoms with Crippen LogP contribution in [0, 0.1) is 0 Å². The molecule has 1 aliphatic rings. The minimum atomic E-state index is -0.00506. The minimum Gasteiger partial charge on any atom is -0.396 e. The molecule has 3 rings (SSSR count). The highest BCUT2D eigenvalue weighted by atomic mass is 32.1. The summed E-state index contributed by atoms with van der Waals surface area (Å²) in [5.74, 6) is 0.799. The molecule has 28 heavy (non-hydrogen) atoms. The lowest BCUT2D eigenvalue weighted by Crippen LogP contribution is -2.42. The van der Waals surface area contributed by atoms with E-state index in [9.17, 15) is 9.90 Å². The number of benzene rings is 1. The van der Waals surface area contributed by atoms with E-state index in [0.29, 0.717) is 25.5 Å². The van der Waals surface area contributed by atoms with E-state index in [1.807, 2.05) is 35.2 Å². The van der Waals surface area contributed by atoms with Crippen LogP contribution in [0.2, 0.25) is 0 Å². The Kier molecular flexibility index (Phi) is 7.45. The molecule has 0 spiro atoms. The van der Waals surface area contributed by atoms with Gasteiger partial charge in [-0.05, 0) is 29.0 Å². The van der Waals surface area contributed by atoms with Gasteiger partial charge in [-0.15, -0.1) is 11.3 Å². The van der Waals surface area contributed by atoms with Gasteiger partial charge in [0.05, 0.1) is 6.61 Å². The zero-order valence-corrected chi connectivity index (χ0v) is 17.0. The molecule has 1 aromatic carbocycles. The molecule has 2 aromatic rings. The van der Waals surface area contributed by atoms with Crippen LogP contribution >= 0.6 is 11.3 Å². The number of fused-ring (bicyclic) bond motifs is 1. The summed E-state index contributed by atoms with van der Waals surface area (Å²) in [5.41, 5.74) is 2.37. The first-order chi connectivity index (χ1) is 13.7. The molecule has 0 bridgehead atoms. The third-order valence-corrected chi connectivity index (χ3v) is 6.05. The van der Waals surface area contributed by atoms with Crippen molar-refractivity contribution in [2.45, 2.75) is 25.3 Å². The summed E-state index contributed by atoms with van der Waals surface area (Å²) in [4.78, 5) is 20.0. The first-order valence-corrected chi connectivity index (χ1v) is 10.5. The van der Waals surface area contributed by atoms with Crippen LogP contribution in [-0.4, -0.2) is 55.2 Å². The molecule has 0 saturated carbocycles. The van der Waals surface area contributed by atoms with E-state index < -0.39 is 0 Å². The first kappa shape index (κ1) is 20.4. The highest BCUT2D eigenvalue weighted by molar-refractivity contribution is 7.10. The number of aliphatic hydroxyl groups excluding tert-OH is 1. The Balaban J connectivity index is 1.41. The van der Waals surface area contributed by atoms with E-state index in [1.165, 1.54) is 10.4 Å². The van der Waals surface area contributed by atoms with E-state index in [0.717, 1.165) is 25.1 Å². The average Bonchev–Trinajstić information content (AvgIpc) is 3.21. The molecule has 1 unspecified atom stereocenters. The summed E-state index contributed by atoms with van der Waals surface area (Å²) in [5, 5.41) is 18.2. The van der Waals surface area contributed by atoms with Crippen LogP contribution in [0.15, 0.2) is 46.8 Å². The Morgan fingerprint density at radius 3 is 2.86 bits per heavy atom. The fraction of sp³-hybridized carbons (Fsp3) is 0.429. The van der Waals surface area contributed by atoms with Gasteiger partial charge in [-0.3, -0.25) is 9.79 Å². The fourth-order valence-electron chi connectivity index (χ4n) is 3.36. The second-order valence-electron chi connectivity index (χ2n) is 6.85.